The third-order valence-corrected chi connectivity index (χ3v) is 6.99. The van der Waals surface area contributed by atoms with Gasteiger partial charge in [0.15, 0.2) is 17.2 Å². The summed E-state index contributed by atoms with van der Waals surface area (Å²) in [6, 6.07) is 7.86. The number of nitrogens with zero attached hydrogens (tertiary/aromatic N) is 2. The molecule has 0 spiro atoms. The first-order valence-corrected chi connectivity index (χ1v) is 12.8. The van der Waals surface area contributed by atoms with Crippen LogP contribution in [-0.2, 0) is 27.9 Å². The normalized spacial score (nSPS) is 25.7. The third-order valence-electron chi connectivity index (χ3n) is 5.00. The lowest BCUT2D eigenvalue weighted by molar-refractivity contribution is -0.156. The molecule has 0 aliphatic carbocycles. The Hall–Kier alpha value is -2.98. The zero-order valence-electron chi connectivity index (χ0n) is 20.0. The van der Waals surface area contributed by atoms with Crippen LogP contribution in [0.5, 0.6) is 5.75 Å². The molecule has 13 nitrogen and oxygen atoms in total. The Bertz CT molecular complexity index is 1310. The van der Waals surface area contributed by atoms with Crippen molar-refractivity contribution in [2.75, 3.05) is 6.61 Å². The van der Waals surface area contributed by atoms with Gasteiger partial charge in [-0.2, -0.15) is 4.98 Å². The van der Waals surface area contributed by atoms with Gasteiger partial charge in [0.25, 0.3) is 0 Å². The van der Waals surface area contributed by atoms with Crippen molar-refractivity contribution in [3.8, 4) is 18.1 Å². The van der Waals surface area contributed by atoms with Gasteiger partial charge in [0.1, 0.15) is 24.3 Å². The number of hydrogen-bond donors (Lipinski definition) is 2. The number of nitrogens with one attached hydrogen (secondary N) is 1. The van der Waals surface area contributed by atoms with Crippen LogP contribution in [0.25, 0.3) is 0 Å². The number of alkyl halides is 1. The molecule has 1 aromatic carbocycles. The molecule has 1 aromatic heterocycles. The highest BCUT2D eigenvalue weighted by Gasteiger charge is 2.56. The molecular weight excluding hydrogens is 533 g/mol. The van der Waals surface area contributed by atoms with Gasteiger partial charge in [0.05, 0.1) is 12.7 Å². The summed E-state index contributed by atoms with van der Waals surface area (Å²) in [6.45, 7) is 3.90. The number of aromatic nitrogens is 3. The van der Waals surface area contributed by atoms with Crippen LogP contribution in [-0.4, -0.2) is 61.5 Å². The van der Waals surface area contributed by atoms with E-state index in [0.717, 1.165) is 10.9 Å². The standard InChI is InChI=1S/C22H25ClN3O10P/c1-5-22(23)17(27)16(34-19(22)26-12-24-20(29)25-21(26)30)11-32-37(31,36-15-9-7-6-8-10-15)35-14(4)18(28)33-13(2)3/h1,6-10,12-14,16-17,19,27H,11H2,2-4H3,(H,25,29,30)/t14-,16+,17?,19+,22+,37?/m0/s1. The van der Waals surface area contributed by atoms with Gasteiger partial charge < -0.3 is 19.1 Å². The molecule has 2 N–H and O–H groups in total. The van der Waals surface area contributed by atoms with E-state index in [4.69, 9.17) is 41.1 Å². The molecule has 2 heterocycles. The number of esters is 1. The van der Waals surface area contributed by atoms with Gasteiger partial charge in [-0.05, 0) is 32.9 Å². The minimum absolute atomic E-state index is 0.0993. The topological polar surface area (TPSA) is 168 Å². The summed E-state index contributed by atoms with van der Waals surface area (Å²) in [4.78, 5) is 39.2. The number of aliphatic hydroxyl groups excluding tert-OH is 1. The fourth-order valence-corrected chi connectivity index (χ4v) is 4.89. The largest absolute Gasteiger partial charge is 0.530 e. The number of ether oxygens (including phenoxy) is 2. The molecule has 1 saturated heterocycles. The summed E-state index contributed by atoms with van der Waals surface area (Å²) >= 11 is 6.43. The van der Waals surface area contributed by atoms with Crippen molar-refractivity contribution < 1.29 is 37.5 Å². The van der Waals surface area contributed by atoms with E-state index in [1.165, 1.54) is 19.1 Å². The van der Waals surface area contributed by atoms with Crippen molar-refractivity contribution in [3.05, 3.63) is 57.6 Å². The van der Waals surface area contributed by atoms with Gasteiger partial charge in [-0.25, -0.2) is 18.9 Å². The lowest BCUT2D eigenvalue weighted by Gasteiger charge is -2.25. The monoisotopic (exact) mass is 557 g/mol. The van der Waals surface area contributed by atoms with Crippen LogP contribution in [0.1, 0.15) is 27.0 Å². The van der Waals surface area contributed by atoms with Gasteiger partial charge in [-0.1, -0.05) is 35.7 Å². The molecule has 0 amide bonds. The smallest absolute Gasteiger partial charge is 0.461 e. The molecule has 0 saturated carbocycles. The number of terminal acetylenes is 1. The van der Waals surface area contributed by atoms with Crippen LogP contribution in [0.3, 0.4) is 0 Å². The third kappa shape index (κ3) is 6.67. The van der Waals surface area contributed by atoms with Crippen molar-refractivity contribution >= 4 is 25.4 Å². The highest BCUT2D eigenvalue weighted by molar-refractivity contribution is 7.49. The number of H-pyrrole nitrogens is 1. The Kier molecular flexibility index (Phi) is 8.96. The Labute approximate surface area is 216 Å². The quantitative estimate of drug-likeness (QED) is 0.187. The van der Waals surface area contributed by atoms with E-state index in [2.05, 4.69) is 10.9 Å². The Morgan fingerprint density at radius 3 is 2.62 bits per heavy atom. The summed E-state index contributed by atoms with van der Waals surface area (Å²) in [5.41, 5.74) is -1.86. The molecule has 1 fully saturated rings. The van der Waals surface area contributed by atoms with E-state index in [-0.39, 0.29) is 5.75 Å². The van der Waals surface area contributed by atoms with Crippen molar-refractivity contribution in [1.82, 2.24) is 14.5 Å². The van der Waals surface area contributed by atoms with Crippen LogP contribution in [0.4, 0.5) is 0 Å². The average Bonchev–Trinajstić information content (AvgIpc) is 3.08. The van der Waals surface area contributed by atoms with E-state index in [1.807, 2.05) is 4.98 Å². The van der Waals surface area contributed by atoms with E-state index in [1.54, 1.807) is 32.0 Å². The zero-order chi connectivity index (χ0) is 27.4. The van der Waals surface area contributed by atoms with E-state index in [0.29, 0.717) is 0 Å². The second kappa shape index (κ2) is 11.6. The molecule has 0 radical (unpaired) electrons. The summed E-state index contributed by atoms with van der Waals surface area (Å²) in [5, 5.41) is 10.8. The maximum Gasteiger partial charge on any atom is 0.530 e. The molecule has 2 aromatic rings. The Morgan fingerprint density at radius 2 is 2.03 bits per heavy atom. The summed E-state index contributed by atoms with van der Waals surface area (Å²) in [5.74, 6) is 1.46. The lowest BCUT2D eigenvalue weighted by Crippen LogP contribution is -2.44. The second-order valence-electron chi connectivity index (χ2n) is 8.15. The van der Waals surface area contributed by atoms with Gasteiger partial charge in [-0.3, -0.25) is 18.6 Å². The maximum atomic E-state index is 13.5. The first-order valence-electron chi connectivity index (χ1n) is 10.9. The van der Waals surface area contributed by atoms with Crippen molar-refractivity contribution in [2.24, 2.45) is 0 Å². The number of phosphoric acid groups is 1. The number of hydrogen-bond acceptors (Lipinski definition) is 11. The fourth-order valence-electron chi connectivity index (χ4n) is 3.25. The maximum absolute atomic E-state index is 13.5. The summed E-state index contributed by atoms with van der Waals surface area (Å²) in [6.07, 6.45) is 0.0579. The first-order chi connectivity index (χ1) is 17.4. The molecule has 3 rings (SSSR count). The fraction of sp³-hybridized carbons (Fsp3) is 0.455. The molecule has 1 aliphatic heterocycles. The zero-order valence-corrected chi connectivity index (χ0v) is 21.6. The van der Waals surface area contributed by atoms with E-state index < -0.39 is 67.3 Å². The predicted molar refractivity (Wildman–Crippen MR) is 129 cm³/mol. The minimum Gasteiger partial charge on any atom is -0.461 e. The number of benzene rings is 1. The number of rotatable bonds is 10. The molecule has 2 unspecified atom stereocenters. The number of phosphoric ester groups is 1. The number of para-hydroxylation sites is 1. The highest BCUT2D eigenvalue weighted by atomic mass is 35.5. The highest BCUT2D eigenvalue weighted by Crippen LogP contribution is 2.52. The SMILES string of the molecule is C#C[C@@]1(Cl)C(O)[C@@H](COP(=O)(Oc2ccccc2)O[C@@H](C)C(=O)OC(C)C)O[C@H]1n1cnc(=O)[nH]c1=O. The number of halogens is 1. The lowest BCUT2D eigenvalue weighted by atomic mass is 10.00. The molecule has 6 atom stereocenters. The molecule has 200 valence electrons. The minimum atomic E-state index is -4.55. The van der Waals surface area contributed by atoms with E-state index >= 15 is 0 Å². The van der Waals surface area contributed by atoms with Crippen molar-refractivity contribution in [3.63, 3.8) is 0 Å². The molecule has 1 aliphatic rings. The van der Waals surface area contributed by atoms with Crippen LogP contribution < -0.4 is 15.9 Å². The molecular formula is C22H25ClN3O10P. The van der Waals surface area contributed by atoms with Gasteiger partial charge in [-0.15, -0.1) is 6.42 Å². The number of carbonyl (C=O) groups is 1. The van der Waals surface area contributed by atoms with Gasteiger partial charge >= 0.3 is 25.2 Å². The summed E-state index contributed by atoms with van der Waals surface area (Å²) in [7, 11) is -4.55. The predicted octanol–water partition coefficient (Wildman–Crippen LogP) is 1.36. The van der Waals surface area contributed by atoms with Crippen molar-refractivity contribution in [2.45, 2.75) is 56.3 Å². The second-order valence-corrected chi connectivity index (χ2v) is 10.3. The van der Waals surface area contributed by atoms with Gasteiger partial charge in [0.2, 0.25) is 0 Å². The Balaban J connectivity index is 1.84. The Morgan fingerprint density at radius 1 is 1.35 bits per heavy atom. The molecule has 37 heavy (non-hydrogen) atoms. The van der Waals surface area contributed by atoms with Gasteiger partial charge in [0, 0.05) is 0 Å². The van der Waals surface area contributed by atoms with E-state index in [9.17, 15) is 24.1 Å². The first kappa shape index (κ1) is 28.6. The number of aromatic amines is 1. The number of aliphatic hydroxyl groups is 1. The molecule has 15 heteroatoms. The van der Waals surface area contributed by atoms with Crippen molar-refractivity contribution in [1.29, 1.82) is 0 Å². The summed E-state index contributed by atoms with van der Waals surface area (Å²) < 4.78 is 41.2. The molecule has 0 bridgehead atoms. The van der Waals surface area contributed by atoms with Crippen LogP contribution in [0.2, 0.25) is 0 Å². The van der Waals surface area contributed by atoms with Crippen LogP contribution in [0.15, 0.2) is 46.2 Å². The number of carbonyl (C=O) groups excluding carboxylic acids is 1. The average molecular weight is 558 g/mol. The van der Waals surface area contributed by atoms with Crippen LogP contribution in [0, 0.1) is 12.3 Å². The van der Waals surface area contributed by atoms with Crippen LogP contribution >= 0.6 is 19.4 Å².